The molecule has 0 aromatic heterocycles. The summed E-state index contributed by atoms with van der Waals surface area (Å²) < 4.78 is 12.7. The van der Waals surface area contributed by atoms with E-state index in [4.69, 9.17) is 9.47 Å². The van der Waals surface area contributed by atoms with Crippen molar-refractivity contribution in [3.8, 4) is 11.5 Å². The van der Waals surface area contributed by atoms with Crippen LogP contribution < -0.4 is 14.8 Å². The molecule has 1 heterocycles. The average molecular weight is 507 g/mol. The second-order valence-corrected chi connectivity index (χ2v) is 8.34. The molecule has 4 rings (SSSR count). The van der Waals surface area contributed by atoms with Crippen molar-refractivity contribution in [1.82, 2.24) is 10.2 Å². The molecule has 3 aromatic carbocycles. The smallest absolute Gasteiger partial charge is 0.329 e. The molecule has 1 N–H and O–H groups in total. The Hall–Kier alpha value is -3.58. The minimum Gasteiger partial charge on any atom is -0.490 e. The molecular formula is C26H23BrN2O4. The maximum absolute atomic E-state index is 12.8. The van der Waals surface area contributed by atoms with Gasteiger partial charge in [-0.25, -0.2) is 4.79 Å². The number of hydrogen-bond acceptors (Lipinski definition) is 4. The molecule has 0 spiro atoms. The predicted octanol–water partition coefficient (Wildman–Crippen LogP) is 5.52. The molecular weight excluding hydrogens is 484 g/mol. The zero-order valence-electron chi connectivity index (χ0n) is 18.1. The first kappa shape index (κ1) is 22.6. The lowest BCUT2D eigenvalue weighted by molar-refractivity contribution is -0.123. The second kappa shape index (κ2) is 10.4. The molecule has 1 aliphatic heterocycles. The summed E-state index contributed by atoms with van der Waals surface area (Å²) >= 11 is 3.43. The predicted molar refractivity (Wildman–Crippen MR) is 130 cm³/mol. The van der Waals surface area contributed by atoms with Crippen LogP contribution >= 0.6 is 15.9 Å². The third kappa shape index (κ3) is 5.62. The quantitative estimate of drug-likeness (QED) is 0.322. The molecule has 0 radical (unpaired) electrons. The fourth-order valence-electron chi connectivity index (χ4n) is 3.39. The molecule has 3 aromatic rings. The number of urea groups is 1. The van der Waals surface area contributed by atoms with Gasteiger partial charge < -0.3 is 14.8 Å². The van der Waals surface area contributed by atoms with Crippen molar-refractivity contribution in [3.63, 3.8) is 0 Å². The van der Waals surface area contributed by atoms with Gasteiger partial charge in [-0.2, -0.15) is 0 Å². The number of nitrogens with zero attached hydrogens (tertiary/aromatic N) is 1. The SMILES string of the molecule is CCOc1cc(/C=C2/NC(=O)N(Cc3ccccc3)C2=O)ccc1OCc1ccc(Br)cc1. The van der Waals surface area contributed by atoms with Crippen molar-refractivity contribution in [2.75, 3.05) is 6.61 Å². The molecule has 7 heteroatoms. The summed E-state index contributed by atoms with van der Waals surface area (Å²) in [6.07, 6.45) is 1.65. The lowest BCUT2D eigenvalue weighted by Crippen LogP contribution is -2.30. The van der Waals surface area contributed by atoms with E-state index in [9.17, 15) is 9.59 Å². The van der Waals surface area contributed by atoms with E-state index in [1.807, 2.05) is 67.6 Å². The standard InChI is InChI=1S/C26H23BrN2O4/c1-2-32-24-15-20(10-13-23(24)33-17-19-8-11-21(27)12-9-19)14-22-25(30)29(26(31)28-22)16-18-6-4-3-5-7-18/h3-15H,2,16-17H2,1H3,(H,28,31)/b22-14+. The average Bonchev–Trinajstić information content (AvgIpc) is 3.08. The fraction of sp³-hybridized carbons (Fsp3) is 0.154. The van der Waals surface area contributed by atoms with E-state index in [1.54, 1.807) is 18.2 Å². The highest BCUT2D eigenvalue weighted by Gasteiger charge is 2.33. The van der Waals surface area contributed by atoms with Crippen LogP contribution in [0.25, 0.3) is 6.08 Å². The Morgan fingerprint density at radius 1 is 0.909 bits per heavy atom. The third-order valence-electron chi connectivity index (χ3n) is 5.03. The van der Waals surface area contributed by atoms with Gasteiger partial charge in [-0.1, -0.05) is 64.5 Å². The Morgan fingerprint density at radius 2 is 1.67 bits per heavy atom. The molecule has 1 aliphatic rings. The van der Waals surface area contributed by atoms with Gasteiger partial charge in [0.2, 0.25) is 0 Å². The molecule has 0 aliphatic carbocycles. The molecule has 168 valence electrons. The van der Waals surface area contributed by atoms with Crippen molar-refractivity contribution in [1.29, 1.82) is 0 Å². The van der Waals surface area contributed by atoms with Gasteiger partial charge >= 0.3 is 6.03 Å². The highest BCUT2D eigenvalue weighted by Crippen LogP contribution is 2.30. The Labute approximate surface area is 200 Å². The number of carbonyl (C=O) groups is 2. The molecule has 0 unspecified atom stereocenters. The summed E-state index contributed by atoms with van der Waals surface area (Å²) in [6, 6.07) is 22.3. The third-order valence-corrected chi connectivity index (χ3v) is 5.56. The zero-order valence-corrected chi connectivity index (χ0v) is 19.7. The lowest BCUT2D eigenvalue weighted by atomic mass is 10.1. The van der Waals surface area contributed by atoms with Crippen molar-refractivity contribution in [3.05, 3.63) is 99.7 Å². The topological polar surface area (TPSA) is 67.9 Å². The number of ether oxygens (including phenoxy) is 2. The number of rotatable bonds is 8. The van der Waals surface area contributed by atoms with Crippen LogP contribution in [0.3, 0.4) is 0 Å². The Balaban J connectivity index is 1.50. The summed E-state index contributed by atoms with van der Waals surface area (Å²) in [6.45, 7) is 2.98. The number of halogens is 1. The normalized spacial score (nSPS) is 14.5. The van der Waals surface area contributed by atoms with Crippen LogP contribution in [0.4, 0.5) is 4.79 Å². The summed E-state index contributed by atoms with van der Waals surface area (Å²) in [7, 11) is 0. The minimum atomic E-state index is -0.436. The largest absolute Gasteiger partial charge is 0.490 e. The van der Waals surface area contributed by atoms with Crippen LogP contribution in [0.2, 0.25) is 0 Å². The van der Waals surface area contributed by atoms with E-state index < -0.39 is 6.03 Å². The monoisotopic (exact) mass is 506 g/mol. The number of imide groups is 1. The molecule has 0 bridgehead atoms. The number of carbonyl (C=O) groups excluding carboxylic acids is 2. The Bertz CT molecular complexity index is 1180. The van der Waals surface area contributed by atoms with Gasteiger partial charge in [-0.15, -0.1) is 0 Å². The molecule has 3 amide bonds. The summed E-state index contributed by atoms with van der Waals surface area (Å²) in [5, 5.41) is 2.66. The van der Waals surface area contributed by atoms with Crippen LogP contribution in [0.1, 0.15) is 23.6 Å². The van der Waals surface area contributed by atoms with E-state index in [0.29, 0.717) is 24.7 Å². The Morgan fingerprint density at radius 3 is 2.39 bits per heavy atom. The van der Waals surface area contributed by atoms with Crippen molar-refractivity contribution >= 4 is 33.9 Å². The van der Waals surface area contributed by atoms with E-state index in [0.717, 1.165) is 21.2 Å². The summed E-state index contributed by atoms with van der Waals surface area (Å²) in [4.78, 5) is 26.4. The van der Waals surface area contributed by atoms with Crippen LogP contribution in [0.15, 0.2) is 83.0 Å². The number of amides is 3. The lowest BCUT2D eigenvalue weighted by Gasteiger charge is -2.13. The number of nitrogens with one attached hydrogen (secondary N) is 1. The summed E-state index contributed by atoms with van der Waals surface area (Å²) in [5.41, 5.74) is 2.86. The maximum Gasteiger partial charge on any atom is 0.329 e. The highest BCUT2D eigenvalue weighted by atomic mass is 79.9. The number of hydrogen-bond donors (Lipinski definition) is 1. The van der Waals surface area contributed by atoms with Crippen molar-refractivity contribution < 1.29 is 19.1 Å². The van der Waals surface area contributed by atoms with E-state index in [2.05, 4.69) is 21.2 Å². The van der Waals surface area contributed by atoms with Gasteiger partial charge in [-0.3, -0.25) is 9.69 Å². The molecule has 0 saturated carbocycles. The van der Waals surface area contributed by atoms with Gasteiger partial charge in [0.15, 0.2) is 11.5 Å². The van der Waals surface area contributed by atoms with Gasteiger partial charge in [0.05, 0.1) is 13.2 Å². The second-order valence-electron chi connectivity index (χ2n) is 7.42. The molecule has 0 atom stereocenters. The highest BCUT2D eigenvalue weighted by molar-refractivity contribution is 9.10. The van der Waals surface area contributed by atoms with Crippen molar-refractivity contribution in [2.45, 2.75) is 20.1 Å². The first-order chi connectivity index (χ1) is 16.0. The first-order valence-corrected chi connectivity index (χ1v) is 11.4. The number of benzene rings is 3. The minimum absolute atomic E-state index is 0.218. The van der Waals surface area contributed by atoms with E-state index >= 15 is 0 Å². The van der Waals surface area contributed by atoms with Crippen molar-refractivity contribution in [2.24, 2.45) is 0 Å². The Kier molecular flexibility index (Phi) is 7.10. The van der Waals surface area contributed by atoms with Gasteiger partial charge in [0.25, 0.3) is 5.91 Å². The molecule has 1 saturated heterocycles. The van der Waals surface area contributed by atoms with Crippen LogP contribution in [0.5, 0.6) is 11.5 Å². The van der Waals surface area contributed by atoms with E-state index in [1.165, 1.54) is 4.90 Å². The van der Waals surface area contributed by atoms with Crippen LogP contribution in [0, 0.1) is 0 Å². The molecule has 6 nitrogen and oxygen atoms in total. The molecule has 1 fully saturated rings. The van der Waals surface area contributed by atoms with Gasteiger partial charge in [0, 0.05) is 4.47 Å². The van der Waals surface area contributed by atoms with Gasteiger partial charge in [0.1, 0.15) is 12.3 Å². The van der Waals surface area contributed by atoms with Crippen LogP contribution in [-0.4, -0.2) is 23.4 Å². The van der Waals surface area contributed by atoms with E-state index in [-0.39, 0.29) is 18.1 Å². The summed E-state index contributed by atoms with van der Waals surface area (Å²) in [5.74, 6) is 0.814. The first-order valence-electron chi connectivity index (χ1n) is 10.6. The van der Waals surface area contributed by atoms with Crippen LogP contribution in [-0.2, 0) is 17.9 Å². The fourth-order valence-corrected chi connectivity index (χ4v) is 3.66. The molecule has 33 heavy (non-hydrogen) atoms. The van der Waals surface area contributed by atoms with Gasteiger partial charge in [-0.05, 0) is 54.0 Å². The zero-order chi connectivity index (χ0) is 23.2. The maximum atomic E-state index is 12.8.